The largest absolute Gasteiger partial charge is 0.381 e. The summed E-state index contributed by atoms with van der Waals surface area (Å²) in [6.45, 7) is 5.11. The number of sulfonamides is 1. The van der Waals surface area contributed by atoms with Gasteiger partial charge >= 0.3 is 0 Å². The highest BCUT2D eigenvalue weighted by molar-refractivity contribution is 7.89. The summed E-state index contributed by atoms with van der Waals surface area (Å²) < 4.78 is 28.0. The highest BCUT2D eigenvalue weighted by atomic mass is 32.2. The zero-order valence-electron chi connectivity index (χ0n) is 12.4. The first-order valence-electron chi connectivity index (χ1n) is 7.00. The molecule has 0 saturated heterocycles. The Morgan fingerprint density at radius 1 is 1.33 bits per heavy atom. The summed E-state index contributed by atoms with van der Waals surface area (Å²) in [6, 6.07) is 0. The normalized spacial score (nSPS) is 11.5. The van der Waals surface area contributed by atoms with Crippen molar-refractivity contribution in [2.45, 2.75) is 44.6 Å². The average Bonchev–Trinajstić information content (AvgIpc) is 2.78. The number of aryl methyl sites for hydroxylation is 1. The van der Waals surface area contributed by atoms with Gasteiger partial charge in [0.25, 0.3) is 0 Å². The Bertz CT molecular complexity index is 567. The van der Waals surface area contributed by atoms with Gasteiger partial charge in [-0.25, -0.2) is 13.1 Å². The van der Waals surface area contributed by atoms with E-state index in [1.54, 1.807) is 0 Å². The summed E-state index contributed by atoms with van der Waals surface area (Å²) in [7, 11) is -3.74. The van der Waals surface area contributed by atoms with Crippen LogP contribution in [0.3, 0.4) is 0 Å². The Hall–Kier alpha value is -1.61. The topological polar surface area (TPSA) is 119 Å². The number of hydrogen-bond donors (Lipinski definition) is 3. The molecule has 0 aromatic carbocycles. The van der Waals surface area contributed by atoms with Crippen LogP contribution in [0.5, 0.6) is 0 Å². The van der Waals surface area contributed by atoms with Crippen LogP contribution in [0, 0.1) is 0 Å². The first kappa shape index (κ1) is 17.4. The molecule has 0 aliphatic carbocycles. The zero-order valence-corrected chi connectivity index (χ0v) is 13.2. The van der Waals surface area contributed by atoms with Gasteiger partial charge in [0, 0.05) is 32.3 Å². The quantitative estimate of drug-likeness (QED) is 0.595. The molecule has 8 nitrogen and oxygen atoms in total. The first-order chi connectivity index (χ1) is 9.90. The summed E-state index contributed by atoms with van der Waals surface area (Å²) in [4.78, 5) is 11.3. The maximum atomic E-state index is 12.1. The van der Waals surface area contributed by atoms with Crippen LogP contribution in [0.15, 0.2) is 11.1 Å². The number of nitrogens with two attached hydrogens (primary N) is 1. The molecule has 21 heavy (non-hydrogen) atoms. The number of nitrogens with zero attached hydrogens (tertiary/aromatic N) is 2. The van der Waals surface area contributed by atoms with Crippen LogP contribution in [-0.2, 0) is 21.4 Å². The molecule has 9 heteroatoms. The summed E-state index contributed by atoms with van der Waals surface area (Å²) in [6.07, 6.45) is 3.15. The summed E-state index contributed by atoms with van der Waals surface area (Å²) in [5, 5.41) is 6.62. The molecule has 1 aromatic rings. The Balaban J connectivity index is 2.59. The fraction of sp³-hybridized carbons (Fsp3) is 0.667. The van der Waals surface area contributed by atoms with Gasteiger partial charge in [0.2, 0.25) is 15.9 Å². The number of hydrogen-bond acceptors (Lipinski definition) is 5. The second-order valence-electron chi connectivity index (χ2n) is 4.64. The Morgan fingerprint density at radius 2 is 2.05 bits per heavy atom. The highest BCUT2D eigenvalue weighted by Crippen LogP contribution is 2.16. The molecule has 1 amide bonds. The van der Waals surface area contributed by atoms with Crippen LogP contribution in [-0.4, -0.2) is 37.2 Å². The van der Waals surface area contributed by atoms with Gasteiger partial charge in [-0.05, 0) is 12.8 Å². The molecule has 120 valence electrons. The van der Waals surface area contributed by atoms with Gasteiger partial charge in [-0.3, -0.25) is 9.48 Å². The maximum Gasteiger partial charge on any atom is 0.245 e. The fourth-order valence-electron chi connectivity index (χ4n) is 1.70. The van der Waals surface area contributed by atoms with Crippen molar-refractivity contribution in [3.8, 4) is 0 Å². The molecule has 0 saturated carbocycles. The van der Waals surface area contributed by atoms with Crippen LogP contribution >= 0.6 is 0 Å². The van der Waals surface area contributed by atoms with E-state index >= 15 is 0 Å². The molecule has 0 atom stereocenters. The van der Waals surface area contributed by atoms with E-state index in [2.05, 4.69) is 15.1 Å². The van der Waals surface area contributed by atoms with E-state index in [9.17, 15) is 13.2 Å². The van der Waals surface area contributed by atoms with Crippen molar-refractivity contribution in [1.29, 1.82) is 0 Å². The fourth-order valence-corrected chi connectivity index (χ4v) is 2.80. The van der Waals surface area contributed by atoms with Crippen LogP contribution in [0.4, 0.5) is 5.82 Å². The zero-order chi connectivity index (χ0) is 15.9. The van der Waals surface area contributed by atoms with Crippen molar-refractivity contribution >= 4 is 21.7 Å². The smallest absolute Gasteiger partial charge is 0.245 e. The highest BCUT2D eigenvalue weighted by Gasteiger charge is 2.20. The van der Waals surface area contributed by atoms with Gasteiger partial charge in [-0.1, -0.05) is 13.8 Å². The first-order valence-corrected chi connectivity index (χ1v) is 8.48. The van der Waals surface area contributed by atoms with E-state index < -0.39 is 10.0 Å². The molecular formula is C12H23N5O3S. The summed E-state index contributed by atoms with van der Waals surface area (Å²) in [5.74, 6) is -0.222. The number of carbonyl (C=O) groups is 1. The number of amides is 1. The summed E-state index contributed by atoms with van der Waals surface area (Å²) >= 11 is 0. The molecule has 0 spiro atoms. The SMILES string of the molecule is CCCNC(=O)CCNS(=O)(=O)c1cn(CCC)nc1N. The predicted molar refractivity (Wildman–Crippen MR) is 80.0 cm³/mol. The minimum absolute atomic E-state index is 0.0241. The molecule has 0 radical (unpaired) electrons. The third kappa shape index (κ3) is 5.35. The standard InChI is InChI=1S/C12H23N5O3S/c1-3-6-14-11(18)5-7-15-21(19,20)10-9-17(8-4-2)16-12(10)13/h9,15H,3-8H2,1-2H3,(H2,13,16)(H,14,18). The van der Waals surface area contributed by atoms with E-state index in [1.807, 2.05) is 13.8 Å². The number of rotatable bonds is 9. The van der Waals surface area contributed by atoms with Gasteiger partial charge in [-0.15, -0.1) is 0 Å². The molecule has 0 fully saturated rings. The van der Waals surface area contributed by atoms with Crippen molar-refractivity contribution in [2.24, 2.45) is 0 Å². The molecule has 0 bridgehead atoms. The predicted octanol–water partition coefficient (Wildman–Crippen LogP) is 0.0699. The van der Waals surface area contributed by atoms with Crippen LogP contribution < -0.4 is 15.8 Å². The number of anilines is 1. The van der Waals surface area contributed by atoms with E-state index in [0.29, 0.717) is 13.1 Å². The molecule has 1 heterocycles. The molecule has 4 N–H and O–H groups in total. The van der Waals surface area contributed by atoms with E-state index in [4.69, 9.17) is 5.73 Å². The van der Waals surface area contributed by atoms with Gasteiger partial charge in [0.05, 0.1) is 0 Å². The van der Waals surface area contributed by atoms with E-state index in [0.717, 1.165) is 12.8 Å². The lowest BCUT2D eigenvalue weighted by Crippen LogP contribution is -2.31. The van der Waals surface area contributed by atoms with Gasteiger partial charge in [0.15, 0.2) is 5.82 Å². The lowest BCUT2D eigenvalue weighted by Gasteiger charge is -2.06. The third-order valence-electron chi connectivity index (χ3n) is 2.71. The van der Waals surface area contributed by atoms with Gasteiger partial charge in [0.1, 0.15) is 4.90 Å². The molecule has 0 aliphatic rings. The Labute approximate surface area is 125 Å². The second-order valence-corrected chi connectivity index (χ2v) is 6.37. The number of carbonyl (C=O) groups excluding carboxylic acids is 1. The Morgan fingerprint density at radius 3 is 2.67 bits per heavy atom. The second kappa shape index (κ2) is 7.99. The third-order valence-corrected chi connectivity index (χ3v) is 4.19. The van der Waals surface area contributed by atoms with Crippen molar-refractivity contribution in [1.82, 2.24) is 19.8 Å². The number of nitrogen functional groups attached to an aromatic ring is 1. The lowest BCUT2D eigenvalue weighted by atomic mass is 10.4. The van der Waals surface area contributed by atoms with E-state index in [-0.39, 0.29) is 29.6 Å². The van der Waals surface area contributed by atoms with Crippen molar-refractivity contribution in [3.63, 3.8) is 0 Å². The number of aromatic nitrogens is 2. The minimum atomic E-state index is -3.74. The molecule has 1 aromatic heterocycles. The van der Waals surface area contributed by atoms with Gasteiger partial charge in [-0.2, -0.15) is 5.10 Å². The molecular weight excluding hydrogens is 294 g/mol. The molecule has 1 rings (SSSR count). The minimum Gasteiger partial charge on any atom is -0.381 e. The molecule has 0 unspecified atom stereocenters. The summed E-state index contributed by atoms with van der Waals surface area (Å²) in [5.41, 5.74) is 5.62. The monoisotopic (exact) mass is 317 g/mol. The van der Waals surface area contributed by atoms with Crippen LogP contribution in [0.2, 0.25) is 0 Å². The van der Waals surface area contributed by atoms with Crippen LogP contribution in [0.25, 0.3) is 0 Å². The van der Waals surface area contributed by atoms with Crippen molar-refractivity contribution in [3.05, 3.63) is 6.20 Å². The van der Waals surface area contributed by atoms with Crippen molar-refractivity contribution in [2.75, 3.05) is 18.8 Å². The Kier molecular flexibility index (Phi) is 6.63. The van der Waals surface area contributed by atoms with E-state index in [1.165, 1.54) is 10.9 Å². The van der Waals surface area contributed by atoms with Gasteiger partial charge < -0.3 is 11.1 Å². The maximum absolute atomic E-state index is 12.1. The lowest BCUT2D eigenvalue weighted by molar-refractivity contribution is -0.120. The number of nitrogens with one attached hydrogen (secondary N) is 2. The van der Waals surface area contributed by atoms with Crippen LogP contribution in [0.1, 0.15) is 33.1 Å². The molecule has 0 aliphatic heterocycles. The average molecular weight is 317 g/mol. The van der Waals surface area contributed by atoms with Crippen molar-refractivity contribution < 1.29 is 13.2 Å².